The molecule has 1 atom stereocenters. The van der Waals surface area contributed by atoms with Crippen LogP contribution in [0, 0.1) is 6.92 Å². The number of aromatic nitrogens is 2. The van der Waals surface area contributed by atoms with Crippen LogP contribution in [0.4, 0.5) is 0 Å². The molecule has 1 aliphatic rings. The van der Waals surface area contributed by atoms with Crippen molar-refractivity contribution in [1.29, 1.82) is 0 Å². The third-order valence-corrected chi connectivity index (χ3v) is 4.84. The summed E-state index contributed by atoms with van der Waals surface area (Å²) in [6.45, 7) is 2.13. The lowest BCUT2D eigenvalue weighted by Crippen LogP contribution is -2.12. The molecule has 17 heavy (non-hydrogen) atoms. The van der Waals surface area contributed by atoms with E-state index < -0.39 is 0 Å². The summed E-state index contributed by atoms with van der Waals surface area (Å²) < 4.78 is 2.15. The highest BCUT2D eigenvalue weighted by Crippen LogP contribution is 2.27. The minimum atomic E-state index is 0.786. The lowest BCUT2D eigenvalue weighted by Gasteiger charge is -2.19. The molecule has 0 radical (unpaired) electrons. The molecule has 3 rings (SSSR count). The van der Waals surface area contributed by atoms with Gasteiger partial charge in [0.25, 0.3) is 0 Å². The molecule has 3 heterocycles. The number of fused-ring (bicyclic) bond motifs is 1. The molecule has 0 spiro atoms. The molecule has 1 fully saturated rings. The van der Waals surface area contributed by atoms with E-state index in [0.29, 0.717) is 0 Å². The van der Waals surface area contributed by atoms with Crippen LogP contribution in [0.25, 0.3) is 5.65 Å². The van der Waals surface area contributed by atoms with Gasteiger partial charge in [0.1, 0.15) is 5.65 Å². The van der Waals surface area contributed by atoms with Gasteiger partial charge < -0.3 is 4.40 Å². The third kappa shape index (κ3) is 2.34. The molecule has 2 aromatic heterocycles. The van der Waals surface area contributed by atoms with E-state index in [0.717, 1.165) is 17.3 Å². The van der Waals surface area contributed by atoms with Crippen molar-refractivity contribution in [2.45, 2.75) is 37.9 Å². The SMILES string of the molecule is Cc1cccn2cc(CC3CCCCS3)nc12. The lowest BCUT2D eigenvalue weighted by molar-refractivity contribution is 0.656. The standard InChI is InChI=1S/C14H18N2S/c1-11-5-4-7-16-10-12(15-14(11)16)9-13-6-2-3-8-17-13/h4-5,7,10,13H,2-3,6,8-9H2,1H3. The van der Waals surface area contributed by atoms with Gasteiger partial charge in [-0.05, 0) is 37.1 Å². The van der Waals surface area contributed by atoms with Crippen molar-refractivity contribution in [2.75, 3.05) is 5.75 Å². The van der Waals surface area contributed by atoms with Gasteiger partial charge in [-0.1, -0.05) is 12.5 Å². The fraction of sp³-hybridized carbons (Fsp3) is 0.500. The predicted octanol–water partition coefficient (Wildman–Crippen LogP) is 3.47. The number of aryl methyl sites for hydroxylation is 1. The average Bonchev–Trinajstić information content (AvgIpc) is 2.74. The highest BCUT2D eigenvalue weighted by atomic mass is 32.2. The predicted molar refractivity (Wildman–Crippen MR) is 73.7 cm³/mol. The van der Waals surface area contributed by atoms with Crippen molar-refractivity contribution in [1.82, 2.24) is 9.38 Å². The van der Waals surface area contributed by atoms with Crippen molar-refractivity contribution in [3.8, 4) is 0 Å². The third-order valence-electron chi connectivity index (χ3n) is 3.44. The Balaban J connectivity index is 1.83. The Morgan fingerprint density at radius 1 is 1.47 bits per heavy atom. The van der Waals surface area contributed by atoms with Gasteiger partial charge in [0, 0.05) is 24.1 Å². The van der Waals surface area contributed by atoms with Gasteiger partial charge >= 0.3 is 0 Å². The lowest BCUT2D eigenvalue weighted by atomic mass is 10.1. The van der Waals surface area contributed by atoms with Crippen molar-refractivity contribution < 1.29 is 0 Å². The van der Waals surface area contributed by atoms with E-state index in [2.05, 4.69) is 47.6 Å². The normalized spacial score (nSPS) is 20.9. The Hall–Kier alpha value is -0.960. The second kappa shape index (κ2) is 4.73. The van der Waals surface area contributed by atoms with Crippen molar-refractivity contribution >= 4 is 17.4 Å². The molecule has 0 amide bonds. The molecule has 0 bridgehead atoms. The van der Waals surface area contributed by atoms with Crippen LogP contribution in [0.15, 0.2) is 24.5 Å². The average molecular weight is 246 g/mol. The Morgan fingerprint density at radius 3 is 3.18 bits per heavy atom. The zero-order valence-corrected chi connectivity index (χ0v) is 11.0. The molecule has 1 aliphatic heterocycles. The molecule has 2 nitrogen and oxygen atoms in total. The summed E-state index contributed by atoms with van der Waals surface area (Å²) in [6.07, 6.45) is 9.56. The van der Waals surface area contributed by atoms with Crippen LogP contribution >= 0.6 is 11.8 Å². The van der Waals surface area contributed by atoms with Crippen molar-refractivity contribution in [3.63, 3.8) is 0 Å². The van der Waals surface area contributed by atoms with Crippen LogP contribution in [-0.2, 0) is 6.42 Å². The highest BCUT2D eigenvalue weighted by Gasteiger charge is 2.16. The van der Waals surface area contributed by atoms with Gasteiger partial charge in [0.15, 0.2) is 0 Å². The minimum absolute atomic E-state index is 0.786. The van der Waals surface area contributed by atoms with Crippen LogP contribution in [0.1, 0.15) is 30.5 Å². The fourth-order valence-electron chi connectivity index (χ4n) is 2.50. The Morgan fingerprint density at radius 2 is 2.41 bits per heavy atom. The summed E-state index contributed by atoms with van der Waals surface area (Å²) in [5.74, 6) is 1.33. The molecule has 90 valence electrons. The summed E-state index contributed by atoms with van der Waals surface area (Å²) in [7, 11) is 0. The van der Waals surface area contributed by atoms with E-state index in [-0.39, 0.29) is 0 Å². The number of pyridine rings is 1. The van der Waals surface area contributed by atoms with Crippen molar-refractivity contribution in [3.05, 3.63) is 35.8 Å². The first-order chi connectivity index (χ1) is 8.33. The molecule has 3 heteroatoms. The van der Waals surface area contributed by atoms with Gasteiger partial charge in [-0.3, -0.25) is 0 Å². The molecule has 0 aromatic carbocycles. The number of imidazole rings is 1. The van der Waals surface area contributed by atoms with Gasteiger partial charge in [-0.25, -0.2) is 4.98 Å². The first kappa shape index (κ1) is 11.1. The quantitative estimate of drug-likeness (QED) is 0.807. The number of hydrogen-bond donors (Lipinski definition) is 0. The molecule has 1 unspecified atom stereocenters. The molecule has 0 aliphatic carbocycles. The molecule has 1 saturated heterocycles. The second-order valence-corrected chi connectivity index (χ2v) is 6.26. The maximum Gasteiger partial charge on any atom is 0.139 e. The Kier molecular flexibility index (Phi) is 3.10. The minimum Gasteiger partial charge on any atom is -0.307 e. The zero-order chi connectivity index (χ0) is 11.7. The van der Waals surface area contributed by atoms with Crippen LogP contribution in [0.5, 0.6) is 0 Å². The van der Waals surface area contributed by atoms with Gasteiger partial charge in [0.05, 0.1) is 5.69 Å². The monoisotopic (exact) mass is 246 g/mol. The molecular formula is C14H18N2S. The van der Waals surface area contributed by atoms with E-state index in [1.807, 2.05) is 0 Å². The summed E-state index contributed by atoms with van der Waals surface area (Å²) in [5.41, 5.74) is 3.62. The van der Waals surface area contributed by atoms with Crippen LogP contribution in [-0.4, -0.2) is 20.4 Å². The largest absolute Gasteiger partial charge is 0.307 e. The van der Waals surface area contributed by atoms with Gasteiger partial charge in [0.2, 0.25) is 0 Å². The van der Waals surface area contributed by atoms with Crippen LogP contribution in [0.2, 0.25) is 0 Å². The second-order valence-electron chi connectivity index (χ2n) is 4.85. The molecule has 0 N–H and O–H groups in total. The molecule has 2 aromatic rings. The highest BCUT2D eigenvalue weighted by molar-refractivity contribution is 7.99. The van der Waals surface area contributed by atoms with E-state index in [4.69, 9.17) is 4.98 Å². The first-order valence-electron chi connectivity index (χ1n) is 6.38. The Bertz CT molecular complexity index is 512. The summed E-state index contributed by atoms with van der Waals surface area (Å²) >= 11 is 2.12. The first-order valence-corrected chi connectivity index (χ1v) is 7.42. The maximum absolute atomic E-state index is 4.76. The van der Waals surface area contributed by atoms with E-state index in [9.17, 15) is 0 Å². The van der Waals surface area contributed by atoms with Crippen LogP contribution < -0.4 is 0 Å². The molecule has 0 saturated carbocycles. The number of thioether (sulfide) groups is 1. The fourth-order valence-corrected chi connectivity index (χ4v) is 3.83. The number of nitrogens with zero attached hydrogens (tertiary/aromatic N) is 2. The number of rotatable bonds is 2. The Labute approximate surface area is 106 Å². The molecular weight excluding hydrogens is 228 g/mol. The van der Waals surface area contributed by atoms with Crippen LogP contribution in [0.3, 0.4) is 0 Å². The number of hydrogen-bond acceptors (Lipinski definition) is 2. The zero-order valence-electron chi connectivity index (χ0n) is 10.2. The van der Waals surface area contributed by atoms with Crippen molar-refractivity contribution in [2.24, 2.45) is 0 Å². The van der Waals surface area contributed by atoms with E-state index >= 15 is 0 Å². The van der Waals surface area contributed by atoms with Gasteiger partial charge in [-0.2, -0.15) is 11.8 Å². The topological polar surface area (TPSA) is 17.3 Å². The van der Waals surface area contributed by atoms with E-state index in [1.165, 1.54) is 36.3 Å². The van der Waals surface area contributed by atoms with E-state index in [1.54, 1.807) is 0 Å². The summed E-state index contributed by atoms with van der Waals surface area (Å²) in [6, 6.07) is 4.21. The maximum atomic E-state index is 4.76. The summed E-state index contributed by atoms with van der Waals surface area (Å²) in [5, 5.41) is 0.786. The smallest absolute Gasteiger partial charge is 0.139 e. The summed E-state index contributed by atoms with van der Waals surface area (Å²) in [4.78, 5) is 4.76. The van der Waals surface area contributed by atoms with Gasteiger partial charge in [-0.15, -0.1) is 0 Å².